The van der Waals surface area contributed by atoms with Crippen molar-refractivity contribution in [3.8, 4) is 0 Å². The van der Waals surface area contributed by atoms with Crippen molar-refractivity contribution in [1.29, 1.82) is 0 Å². The van der Waals surface area contributed by atoms with Crippen LogP contribution in [0.2, 0.25) is 0 Å². The molecule has 0 saturated carbocycles. The molecule has 2 rings (SSSR count). The standard InChI is InChI=1S/C12H14O5S/c1-2-17-12(14)11(13)9-3-4-10-8(7-9)5-6-18(10,15)16/h3-4,7,11,13H,2,5-6H2,1H3. The zero-order valence-corrected chi connectivity index (χ0v) is 10.7. The number of benzene rings is 1. The maximum Gasteiger partial charge on any atom is 0.339 e. The smallest absolute Gasteiger partial charge is 0.339 e. The normalized spacial score (nSPS) is 18.1. The molecule has 0 aromatic heterocycles. The van der Waals surface area contributed by atoms with Gasteiger partial charge in [0.2, 0.25) is 0 Å². The number of hydrogen-bond donors (Lipinski definition) is 1. The lowest BCUT2D eigenvalue weighted by Crippen LogP contribution is -2.15. The van der Waals surface area contributed by atoms with Crippen molar-refractivity contribution in [1.82, 2.24) is 0 Å². The van der Waals surface area contributed by atoms with Gasteiger partial charge in [-0.05, 0) is 30.5 Å². The molecule has 1 heterocycles. The van der Waals surface area contributed by atoms with Gasteiger partial charge in [-0.15, -0.1) is 0 Å². The second kappa shape index (κ2) is 4.70. The zero-order valence-electron chi connectivity index (χ0n) is 9.92. The molecule has 0 spiro atoms. The van der Waals surface area contributed by atoms with Gasteiger partial charge in [0.25, 0.3) is 0 Å². The maximum absolute atomic E-state index is 11.6. The van der Waals surface area contributed by atoms with Crippen molar-refractivity contribution in [2.45, 2.75) is 24.3 Å². The summed E-state index contributed by atoms with van der Waals surface area (Å²) < 4.78 is 27.9. The van der Waals surface area contributed by atoms with Crippen LogP contribution in [0.1, 0.15) is 24.2 Å². The highest BCUT2D eigenvalue weighted by Gasteiger charge is 2.28. The Bertz CT molecular complexity index is 576. The van der Waals surface area contributed by atoms with Gasteiger partial charge in [0, 0.05) is 0 Å². The van der Waals surface area contributed by atoms with E-state index in [-0.39, 0.29) is 12.4 Å². The minimum absolute atomic E-state index is 0.0846. The molecule has 1 unspecified atom stereocenters. The van der Waals surface area contributed by atoms with Crippen LogP contribution < -0.4 is 0 Å². The maximum atomic E-state index is 11.6. The fourth-order valence-corrected chi connectivity index (χ4v) is 3.52. The van der Waals surface area contributed by atoms with E-state index in [1.807, 2.05) is 0 Å². The van der Waals surface area contributed by atoms with Gasteiger partial charge in [-0.2, -0.15) is 0 Å². The van der Waals surface area contributed by atoms with E-state index in [2.05, 4.69) is 0 Å². The first kappa shape index (κ1) is 13.0. The molecule has 1 aromatic carbocycles. The Balaban J connectivity index is 2.31. The fraction of sp³-hybridized carbons (Fsp3) is 0.417. The number of ether oxygens (including phenoxy) is 1. The summed E-state index contributed by atoms with van der Waals surface area (Å²) in [6.07, 6.45) is -0.945. The van der Waals surface area contributed by atoms with E-state index in [4.69, 9.17) is 4.74 Å². The number of hydrogen-bond acceptors (Lipinski definition) is 5. The number of aryl methyl sites for hydroxylation is 1. The van der Waals surface area contributed by atoms with Crippen molar-refractivity contribution in [2.24, 2.45) is 0 Å². The Labute approximate surface area is 105 Å². The Morgan fingerprint density at radius 3 is 2.89 bits per heavy atom. The van der Waals surface area contributed by atoms with E-state index in [1.54, 1.807) is 13.0 Å². The zero-order chi connectivity index (χ0) is 13.3. The minimum Gasteiger partial charge on any atom is -0.464 e. The lowest BCUT2D eigenvalue weighted by atomic mass is 10.0. The summed E-state index contributed by atoms with van der Waals surface area (Å²) in [6, 6.07) is 4.44. The van der Waals surface area contributed by atoms with Crippen LogP contribution in [0.4, 0.5) is 0 Å². The SMILES string of the molecule is CCOC(=O)C(O)c1ccc2c(c1)CCS2(=O)=O. The van der Waals surface area contributed by atoms with E-state index in [0.29, 0.717) is 22.4 Å². The molecule has 98 valence electrons. The molecule has 0 bridgehead atoms. The van der Waals surface area contributed by atoms with Gasteiger partial charge in [-0.3, -0.25) is 0 Å². The second-order valence-electron chi connectivity index (χ2n) is 4.09. The summed E-state index contributed by atoms with van der Waals surface area (Å²) in [6.45, 7) is 1.84. The van der Waals surface area contributed by atoms with Crippen molar-refractivity contribution in [3.05, 3.63) is 29.3 Å². The van der Waals surface area contributed by atoms with Gasteiger partial charge >= 0.3 is 5.97 Å². The van der Waals surface area contributed by atoms with Crippen LogP contribution in [0.3, 0.4) is 0 Å². The molecule has 1 atom stereocenters. The third kappa shape index (κ3) is 2.26. The summed E-state index contributed by atoms with van der Waals surface area (Å²) in [5.74, 6) is -0.639. The highest BCUT2D eigenvalue weighted by molar-refractivity contribution is 7.91. The second-order valence-corrected chi connectivity index (χ2v) is 6.17. The van der Waals surface area contributed by atoms with Crippen LogP contribution in [-0.4, -0.2) is 31.9 Å². The first-order chi connectivity index (χ1) is 8.45. The Hall–Kier alpha value is -1.40. The summed E-state index contributed by atoms with van der Waals surface area (Å²) in [5, 5.41) is 9.76. The molecular formula is C12H14O5S. The summed E-state index contributed by atoms with van der Waals surface area (Å²) in [4.78, 5) is 11.7. The third-order valence-corrected chi connectivity index (χ3v) is 4.70. The molecule has 0 radical (unpaired) electrons. The van der Waals surface area contributed by atoms with Gasteiger partial charge in [-0.25, -0.2) is 13.2 Å². The molecule has 1 aliphatic heterocycles. The molecule has 1 aromatic rings. The number of rotatable bonds is 3. The number of sulfone groups is 1. The molecule has 5 nitrogen and oxygen atoms in total. The van der Waals surface area contributed by atoms with Crippen LogP contribution in [0.5, 0.6) is 0 Å². The largest absolute Gasteiger partial charge is 0.464 e. The van der Waals surface area contributed by atoms with Crippen molar-refractivity contribution in [3.63, 3.8) is 0 Å². The molecule has 0 fully saturated rings. The molecule has 0 amide bonds. The summed E-state index contributed by atoms with van der Waals surface area (Å²) >= 11 is 0. The minimum atomic E-state index is -3.18. The van der Waals surface area contributed by atoms with E-state index < -0.39 is 21.9 Å². The van der Waals surface area contributed by atoms with Gasteiger partial charge in [0.15, 0.2) is 15.9 Å². The highest BCUT2D eigenvalue weighted by Crippen LogP contribution is 2.28. The molecule has 6 heteroatoms. The number of aliphatic hydroxyl groups is 1. The first-order valence-corrected chi connectivity index (χ1v) is 7.31. The average Bonchev–Trinajstić information content (AvgIpc) is 2.64. The molecule has 0 saturated heterocycles. The molecule has 18 heavy (non-hydrogen) atoms. The quantitative estimate of drug-likeness (QED) is 0.814. The average molecular weight is 270 g/mol. The van der Waals surface area contributed by atoms with Crippen LogP contribution in [-0.2, 0) is 25.8 Å². The van der Waals surface area contributed by atoms with Gasteiger partial charge in [-0.1, -0.05) is 12.1 Å². The van der Waals surface area contributed by atoms with Crippen molar-refractivity contribution in [2.75, 3.05) is 12.4 Å². The van der Waals surface area contributed by atoms with Crippen LogP contribution in [0, 0.1) is 0 Å². The Morgan fingerprint density at radius 2 is 2.22 bits per heavy atom. The number of esters is 1. The number of fused-ring (bicyclic) bond motifs is 1. The van der Waals surface area contributed by atoms with Crippen molar-refractivity contribution < 1.29 is 23.1 Å². The first-order valence-electron chi connectivity index (χ1n) is 5.66. The van der Waals surface area contributed by atoms with Crippen LogP contribution >= 0.6 is 0 Å². The lowest BCUT2D eigenvalue weighted by Gasteiger charge is -2.10. The Kier molecular flexibility index (Phi) is 3.41. The molecule has 1 N–H and O–H groups in total. The van der Waals surface area contributed by atoms with E-state index in [9.17, 15) is 18.3 Å². The number of carbonyl (C=O) groups excluding carboxylic acids is 1. The van der Waals surface area contributed by atoms with Gasteiger partial charge in [0.1, 0.15) is 0 Å². The van der Waals surface area contributed by atoms with E-state index >= 15 is 0 Å². The lowest BCUT2D eigenvalue weighted by molar-refractivity contribution is -0.153. The van der Waals surface area contributed by atoms with Gasteiger partial charge in [0.05, 0.1) is 17.3 Å². The molecular weight excluding hydrogens is 256 g/mol. The van der Waals surface area contributed by atoms with E-state index in [0.717, 1.165) is 0 Å². The predicted octanol–water partition coefficient (Wildman–Crippen LogP) is 0.613. The summed E-state index contributed by atoms with van der Waals surface area (Å²) in [5.41, 5.74) is 1.01. The predicted molar refractivity (Wildman–Crippen MR) is 63.8 cm³/mol. The van der Waals surface area contributed by atoms with Crippen molar-refractivity contribution >= 4 is 15.8 Å². The fourth-order valence-electron chi connectivity index (χ4n) is 1.98. The summed E-state index contributed by atoms with van der Waals surface area (Å²) in [7, 11) is -3.18. The molecule has 0 aliphatic carbocycles. The van der Waals surface area contributed by atoms with E-state index in [1.165, 1.54) is 12.1 Å². The third-order valence-electron chi connectivity index (χ3n) is 2.89. The van der Waals surface area contributed by atoms with Crippen LogP contribution in [0.25, 0.3) is 0 Å². The van der Waals surface area contributed by atoms with Crippen LogP contribution in [0.15, 0.2) is 23.1 Å². The monoisotopic (exact) mass is 270 g/mol. The highest BCUT2D eigenvalue weighted by atomic mass is 32.2. The number of carbonyl (C=O) groups is 1. The van der Waals surface area contributed by atoms with Gasteiger partial charge < -0.3 is 9.84 Å². The number of aliphatic hydroxyl groups excluding tert-OH is 1. The molecule has 1 aliphatic rings. The topological polar surface area (TPSA) is 80.7 Å². The Morgan fingerprint density at radius 1 is 1.50 bits per heavy atom.